The molecule has 6 heteroatoms. The first-order valence-corrected chi connectivity index (χ1v) is 7.13. The number of hydrogen-bond acceptors (Lipinski definition) is 4. The number of anilines is 1. The van der Waals surface area contributed by atoms with Crippen LogP contribution in [-0.4, -0.2) is 35.1 Å². The number of aromatic nitrogens is 1. The molecule has 114 valence electrons. The van der Waals surface area contributed by atoms with Crippen LogP contribution in [-0.2, 0) is 4.79 Å². The molecule has 1 atom stereocenters. The number of carboxylic acid groups (broad SMARTS) is 1. The molecular weight excluding hydrogens is 270 g/mol. The van der Waals surface area contributed by atoms with Gasteiger partial charge in [-0.1, -0.05) is 0 Å². The minimum absolute atomic E-state index is 0.182. The maximum atomic E-state index is 11.7. The summed E-state index contributed by atoms with van der Waals surface area (Å²) in [5, 5.41) is 8.76. The van der Waals surface area contributed by atoms with Gasteiger partial charge in [-0.05, 0) is 44.2 Å². The number of pyridine rings is 1. The molecule has 21 heavy (non-hydrogen) atoms. The lowest BCUT2D eigenvalue weighted by Gasteiger charge is -2.21. The van der Waals surface area contributed by atoms with Crippen molar-refractivity contribution in [3.8, 4) is 0 Å². The minimum atomic E-state index is -0.768. The van der Waals surface area contributed by atoms with Gasteiger partial charge in [0.15, 0.2) is 0 Å². The van der Waals surface area contributed by atoms with Crippen molar-refractivity contribution in [3.05, 3.63) is 22.9 Å². The molecule has 0 spiro atoms. The topological polar surface area (TPSA) is 96.5 Å². The predicted molar refractivity (Wildman–Crippen MR) is 79.4 cm³/mol. The molecule has 1 saturated heterocycles. The van der Waals surface area contributed by atoms with E-state index in [1.165, 1.54) is 0 Å². The summed E-state index contributed by atoms with van der Waals surface area (Å²) < 4.78 is 0. The van der Waals surface area contributed by atoms with Crippen LogP contribution >= 0.6 is 0 Å². The summed E-state index contributed by atoms with van der Waals surface area (Å²) in [6, 6.07) is 1.85. The van der Waals surface area contributed by atoms with E-state index in [0.29, 0.717) is 23.7 Å². The largest absolute Gasteiger partial charge is 0.481 e. The Balaban J connectivity index is 2.19. The lowest BCUT2D eigenvalue weighted by molar-refractivity contribution is -0.137. The lowest BCUT2D eigenvalue weighted by Crippen LogP contribution is -2.26. The molecule has 0 saturated carbocycles. The molecule has 1 unspecified atom stereocenters. The highest BCUT2D eigenvalue weighted by atomic mass is 16.4. The highest BCUT2D eigenvalue weighted by Gasteiger charge is 2.27. The number of carbonyl (C=O) groups is 2. The summed E-state index contributed by atoms with van der Waals surface area (Å²) in [7, 11) is 0. The molecule has 1 aromatic heterocycles. The zero-order valence-electron chi connectivity index (χ0n) is 12.4. The molecule has 0 aliphatic carbocycles. The monoisotopic (exact) mass is 291 g/mol. The SMILES string of the molecule is Cc1cc(C)c(C(N)=O)c(N2CCC(CCC(=O)O)C2)n1. The molecule has 0 bridgehead atoms. The third-order valence-corrected chi connectivity index (χ3v) is 3.92. The second-order valence-electron chi connectivity index (χ2n) is 5.68. The Kier molecular flexibility index (Phi) is 4.45. The van der Waals surface area contributed by atoms with E-state index in [0.717, 1.165) is 30.8 Å². The average Bonchev–Trinajstić information content (AvgIpc) is 2.83. The standard InChI is InChI=1S/C15H21N3O3/c1-9-7-10(2)17-15(13(9)14(16)21)18-6-5-11(8-18)3-4-12(19)20/h7,11H,3-6,8H2,1-2H3,(H2,16,21)(H,19,20). The molecule has 3 N–H and O–H groups in total. The molecule has 1 amide bonds. The number of nitrogens with zero attached hydrogens (tertiary/aromatic N) is 2. The molecule has 1 aromatic rings. The predicted octanol–water partition coefficient (Wildman–Crippen LogP) is 1.49. The van der Waals surface area contributed by atoms with Gasteiger partial charge in [-0.3, -0.25) is 9.59 Å². The quantitative estimate of drug-likeness (QED) is 0.856. The van der Waals surface area contributed by atoms with Crippen LogP contribution in [0.1, 0.15) is 40.9 Å². The molecular formula is C15H21N3O3. The van der Waals surface area contributed by atoms with Gasteiger partial charge in [0, 0.05) is 25.2 Å². The molecule has 1 aliphatic rings. The molecule has 0 aromatic carbocycles. The van der Waals surface area contributed by atoms with E-state index in [1.807, 2.05) is 24.8 Å². The average molecular weight is 291 g/mol. The maximum absolute atomic E-state index is 11.7. The second kappa shape index (κ2) is 6.11. The number of aliphatic carboxylic acids is 1. The number of carbonyl (C=O) groups excluding carboxylic acids is 1. The van der Waals surface area contributed by atoms with Gasteiger partial charge in [-0.15, -0.1) is 0 Å². The number of nitrogens with two attached hydrogens (primary N) is 1. The number of carboxylic acids is 1. The van der Waals surface area contributed by atoms with Crippen LogP contribution in [0.5, 0.6) is 0 Å². The molecule has 2 rings (SSSR count). The molecule has 6 nitrogen and oxygen atoms in total. The van der Waals surface area contributed by atoms with Crippen LogP contribution in [0, 0.1) is 19.8 Å². The fourth-order valence-corrected chi connectivity index (χ4v) is 2.94. The van der Waals surface area contributed by atoms with Crippen molar-refractivity contribution in [2.45, 2.75) is 33.1 Å². The Morgan fingerprint density at radius 1 is 1.48 bits per heavy atom. The Hall–Kier alpha value is -2.11. The number of rotatable bonds is 5. The van der Waals surface area contributed by atoms with Crippen LogP contribution in [0.25, 0.3) is 0 Å². The van der Waals surface area contributed by atoms with Gasteiger partial charge in [0.25, 0.3) is 5.91 Å². The molecule has 0 radical (unpaired) electrons. The zero-order chi connectivity index (χ0) is 15.6. The van der Waals surface area contributed by atoms with Crippen molar-refractivity contribution in [3.63, 3.8) is 0 Å². The third-order valence-electron chi connectivity index (χ3n) is 3.92. The maximum Gasteiger partial charge on any atom is 0.303 e. The Morgan fingerprint density at radius 2 is 2.19 bits per heavy atom. The van der Waals surface area contributed by atoms with Gasteiger partial charge in [0.2, 0.25) is 0 Å². The van der Waals surface area contributed by atoms with Crippen LogP contribution in [0.4, 0.5) is 5.82 Å². The van der Waals surface area contributed by atoms with Crippen molar-refractivity contribution in [1.29, 1.82) is 0 Å². The van der Waals surface area contributed by atoms with Crippen LogP contribution in [0.2, 0.25) is 0 Å². The molecule has 2 heterocycles. The summed E-state index contributed by atoms with van der Waals surface area (Å²) in [5.41, 5.74) is 7.64. The number of amides is 1. The van der Waals surface area contributed by atoms with Crippen LogP contribution in [0.15, 0.2) is 6.07 Å². The van der Waals surface area contributed by atoms with E-state index < -0.39 is 11.9 Å². The van der Waals surface area contributed by atoms with E-state index in [9.17, 15) is 9.59 Å². The molecule has 1 aliphatic heterocycles. The Bertz CT molecular complexity index is 572. The van der Waals surface area contributed by atoms with Gasteiger partial charge in [-0.2, -0.15) is 0 Å². The molecule has 1 fully saturated rings. The fourth-order valence-electron chi connectivity index (χ4n) is 2.94. The smallest absolute Gasteiger partial charge is 0.303 e. The summed E-state index contributed by atoms with van der Waals surface area (Å²) in [4.78, 5) is 28.9. The minimum Gasteiger partial charge on any atom is -0.481 e. The van der Waals surface area contributed by atoms with Crippen LogP contribution in [0.3, 0.4) is 0 Å². The van der Waals surface area contributed by atoms with Crippen molar-refractivity contribution in [2.75, 3.05) is 18.0 Å². The fraction of sp³-hybridized carbons (Fsp3) is 0.533. The number of primary amides is 1. The first-order chi connectivity index (χ1) is 9.88. The highest BCUT2D eigenvalue weighted by Crippen LogP contribution is 2.29. The van der Waals surface area contributed by atoms with E-state index in [2.05, 4.69) is 4.98 Å². The van der Waals surface area contributed by atoms with Crippen molar-refractivity contribution < 1.29 is 14.7 Å². The second-order valence-corrected chi connectivity index (χ2v) is 5.68. The first kappa shape index (κ1) is 15.3. The van der Waals surface area contributed by atoms with E-state index in [-0.39, 0.29) is 6.42 Å². The third kappa shape index (κ3) is 3.51. The normalized spacial score (nSPS) is 18.0. The van der Waals surface area contributed by atoms with E-state index >= 15 is 0 Å². The van der Waals surface area contributed by atoms with Gasteiger partial charge in [-0.25, -0.2) is 4.98 Å². The van der Waals surface area contributed by atoms with Gasteiger partial charge in [0.05, 0.1) is 5.56 Å². The summed E-state index contributed by atoms with van der Waals surface area (Å²) >= 11 is 0. The van der Waals surface area contributed by atoms with E-state index in [1.54, 1.807) is 0 Å². The van der Waals surface area contributed by atoms with E-state index in [4.69, 9.17) is 10.8 Å². The summed E-state index contributed by atoms with van der Waals surface area (Å²) in [6.07, 6.45) is 1.75. The van der Waals surface area contributed by atoms with Crippen LogP contribution < -0.4 is 10.6 Å². The van der Waals surface area contributed by atoms with Crippen molar-refractivity contribution in [1.82, 2.24) is 4.98 Å². The summed E-state index contributed by atoms with van der Waals surface area (Å²) in [5.74, 6) is -0.276. The zero-order valence-corrected chi connectivity index (χ0v) is 12.4. The Labute approximate surface area is 124 Å². The van der Waals surface area contributed by atoms with Crippen molar-refractivity contribution >= 4 is 17.7 Å². The Morgan fingerprint density at radius 3 is 2.81 bits per heavy atom. The highest BCUT2D eigenvalue weighted by molar-refractivity contribution is 5.99. The van der Waals surface area contributed by atoms with Gasteiger partial charge >= 0.3 is 5.97 Å². The lowest BCUT2D eigenvalue weighted by atomic mass is 10.0. The first-order valence-electron chi connectivity index (χ1n) is 7.13. The van der Waals surface area contributed by atoms with Crippen molar-refractivity contribution in [2.24, 2.45) is 11.7 Å². The number of aryl methyl sites for hydroxylation is 2. The number of hydrogen-bond donors (Lipinski definition) is 2. The van der Waals surface area contributed by atoms with Gasteiger partial charge in [0.1, 0.15) is 5.82 Å². The summed E-state index contributed by atoms with van der Waals surface area (Å²) in [6.45, 7) is 5.25. The van der Waals surface area contributed by atoms with Gasteiger partial charge < -0.3 is 15.7 Å².